The summed E-state index contributed by atoms with van der Waals surface area (Å²) in [5.74, 6) is 0. The van der Waals surface area contributed by atoms with Crippen molar-refractivity contribution in [3.63, 3.8) is 0 Å². The van der Waals surface area contributed by atoms with E-state index in [9.17, 15) is 0 Å². The molecule has 0 aliphatic heterocycles. The molecule has 0 aliphatic rings. The first kappa shape index (κ1) is 18.1. The van der Waals surface area contributed by atoms with Gasteiger partial charge in [-0.25, -0.2) is 0 Å². The summed E-state index contributed by atoms with van der Waals surface area (Å²) in [5, 5.41) is 0. The molecule has 20 heavy (non-hydrogen) atoms. The maximum atomic E-state index is 3.73. The van der Waals surface area contributed by atoms with Crippen molar-refractivity contribution in [1.29, 1.82) is 0 Å². The van der Waals surface area contributed by atoms with Gasteiger partial charge in [0, 0.05) is 0 Å². The first-order chi connectivity index (χ1) is 9.00. The SMILES string of the molecule is C[Si](C)(C)/C(Br)=C/c1ccc(/C=C(\Br)[Si](C)(C)C)cc1. The fourth-order valence-electron chi connectivity index (χ4n) is 1.41. The summed E-state index contributed by atoms with van der Waals surface area (Å²) in [6.07, 6.45) is 4.51. The summed E-state index contributed by atoms with van der Waals surface area (Å²) >= 11 is 7.46. The minimum atomic E-state index is -1.24. The van der Waals surface area contributed by atoms with Crippen LogP contribution < -0.4 is 0 Å². The zero-order valence-electron chi connectivity index (χ0n) is 13.2. The van der Waals surface area contributed by atoms with Crippen LogP contribution >= 0.6 is 31.9 Å². The van der Waals surface area contributed by atoms with Crippen molar-refractivity contribution in [1.82, 2.24) is 0 Å². The maximum Gasteiger partial charge on any atom is 0.0865 e. The molecule has 4 heteroatoms. The predicted octanol–water partition coefficient (Wildman–Crippen LogP) is 6.91. The highest BCUT2D eigenvalue weighted by atomic mass is 79.9. The molecule has 0 fully saturated rings. The van der Waals surface area contributed by atoms with Crippen molar-refractivity contribution in [3.8, 4) is 0 Å². The molecule has 0 heterocycles. The number of hydrogen-bond acceptors (Lipinski definition) is 0. The Morgan fingerprint density at radius 2 is 0.950 bits per heavy atom. The number of hydrogen-bond donors (Lipinski definition) is 0. The summed E-state index contributed by atoms with van der Waals surface area (Å²) in [7, 11) is -2.49. The van der Waals surface area contributed by atoms with Crippen LogP contribution in [0.15, 0.2) is 32.5 Å². The van der Waals surface area contributed by atoms with Crippen LogP contribution in [0.5, 0.6) is 0 Å². The van der Waals surface area contributed by atoms with Gasteiger partial charge in [0.15, 0.2) is 0 Å². The van der Waals surface area contributed by atoms with E-state index in [4.69, 9.17) is 0 Å². The number of benzene rings is 1. The van der Waals surface area contributed by atoms with Crippen LogP contribution in [-0.2, 0) is 0 Å². The molecule has 0 spiro atoms. The average molecular weight is 432 g/mol. The fourth-order valence-corrected chi connectivity index (χ4v) is 3.14. The van der Waals surface area contributed by atoms with Gasteiger partial charge in [0.05, 0.1) is 16.1 Å². The van der Waals surface area contributed by atoms with Crippen LogP contribution in [0.1, 0.15) is 11.1 Å². The molecule has 0 aliphatic carbocycles. The van der Waals surface area contributed by atoms with Gasteiger partial charge in [0.1, 0.15) is 0 Å². The van der Waals surface area contributed by atoms with E-state index in [2.05, 4.69) is 108 Å². The topological polar surface area (TPSA) is 0 Å². The summed E-state index contributed by atoms with van der Waals surface area (Å²) in [4.78, 5) is 0. The van der Waals surface area contributed by atoms with Crippen molar-refractivity contribution in [2.75, 3.05) is 0 Å². The Balaban J connectivity index is 2.96. The van der Waals surface area contributed by atoms with Gasteiger partial charge in [-0.15, -0.1) is 0 Å². The molecule has 0 amide bonds. The second kappa shape index (κ2) is 6.90. The van der Waals surface area contributed by atoms with E-state index in [0.717, 1.165) is 0 Å². The van der Waals surface area contributed by atoms with Gasteiger partial charge < -0.3 is 0 Å². The standard InChI is InChI=1S/C16H24Br2Si2/c1-19(2,3)15(17)11-13-7-9-14(10-8-13)12-16(18)20(4,5)6/h7-12H,1-6H3/b15-11+,16-12+. The highest BCUT2D eigenvalue weighted by Gasteiger charge is 2.17. The van der Waals surface area contributed by atoms with Crippen molar-refractivity contribution in [3.05, 3.63) is 43.6 Å². The molecule has 0 nitrogen and oxygen atoms in total. The van der Waals surface area contributed by atoms with E-state index in [-0.39, 0.29) is 0 Å². The molecule has 0 atom stereocenters. The van der Waals surface area contributed by atoms with Gasteiger partial charge in [-0.1, -0.05) is 95.4 Å². The van der Waals surface area contributed by atoms with E-state index in [0.29, 0.717) is 0 Å². The van der Waals surface area contributed by atoms with Gasteiger partial charge in [-0.3, -0.25) is 0 Å². The molecule has 0 N–H and O–H groups in total. The maximum absolute atomic E-state index is 3.73. The third kappa shape index (κ3) is 5.84. The Labute approximate surface area is 142 Å². The fraction of sp³-hybridized carbons (Fsp3) is 0.375. The molecule has 1 aromatic rings. The van der Waals surface area contributed by atoms with Crippen molar-refractivity contribution < 1.29 is 0 Å². The van der Waals surface area contributed by atoms with Gasteiger partial charge in [0.25, 0.3) is 0 Å². The first-order valence-corrected chi connectivity index (χ1v) is 15.4. The Morgan fingerprint density at radius 3 is 1.15 bits per heavy atom. The first-order valence-electron chi connectivity index (χ1n) is 6.85. The predicted molar refractivity (Wildman–Crippen MR) is 107 cm³/mol. The molecule has 0 unspecified atom stereocenters. The van der Waals surface area contributed by atoms with Gasteiger partial charge in [0.2, 0.25) is 0 Å². The van der Waals surface area contributed by atoms with E-state index in [1.165, 1.54) is 19.3 Å². The molecule has 1 aromatic carbocycles. The minimum absolute atomic E-state index is 1.24. The van der Waals surface area contributed by atoms with Crippen molar-refractivity contribution in [2.45, 2.75) is 39.3 Å². The zero-order valence-corrected chi connectivity index (χ0v) is 18.4. The normalized spacial score (nSPS) is 14.6. The lowest BCUT2D eigenvalue weighted by Crippen LogP contribution is -2.20. The minimum Gasteiger partial charge on any atom is -0.0651 e. The lowest BCUT2D eigenvalue weighted by Gasteiger charge is -2.15. The van der Waals surface area contributed by atoms with E-state index < -0.39 is 16.1 Å². The molecule has 0 aromatic heterocycles. The molecule has 1 rings (SSSR count). The molecule has 110 valence electrons. The summed E-state index contributed by atoms with van der Waals surface area (Å²) in [5.41, 5.74) is 2.53. The number of halogens is 2. The number of rotatable bonds is 4. The molecule has 0 radical (unpaired) electrons. The smallest absolute Gasteiger partial charge is 0.0651 e. The summed E-state index contributed by atoms with van der Waals surface area (Å²) in [6.45, 7) is 14.1. The quantitative estimate of drug-likeness (QED) is 0.454. The van der Waals surface area contributed by atoms with E-state index in [1.807, 2.05) is 0 Å². The lowest BCUT2D eigenvalue weighted by molar-refractivity contribution is 1.61. The van der Waals surface area contributed by atoms with Crippen molar-refractivity contribution >= 4 is 60.2 Å². The Morgan fingerprint density at radius 1 is 0.700 bits per heavy atom. The van der Waals surface area contributed by atoms with Gasteiger partial charge in [-0.05, 0) is 31.5 Å². The third-order valence-electron chi connectivity index (χ3n) is 2.96. The highest BCUT2D eigenvalue weighted by molar-refractivity contribution is 9.12. The van der Waals surface area contributed by atoms with E-state index >= 15 is 0 Å². The largest absolute Gasteiger partial charge is 0.0865 e. The van der Waals surface area contributed by atoms with Gasteiger partial charge in [-0.2, -0.15) is 0 Å². The average Bonchev–Trinajstić information content (AvgIpc) is 2.29. The molecular formula is C16H24Br2Si2. The molecule has 0 saturated heterocycles. The monoisotopic (exact) mass is 430 g/mol. The Hall–Kier alpha value is 0.0938. The Bertz CT molecular complexity index is 466. The third-order valence-corrected chi connectivity index (χ3v) is 13.7. The van der Waals surface area contributed by atoms with Crippen LogP contribution in [-0.4, -0.2) is 16.1 Å². The van der Waals surface area contributed by atoms with Crippen LogP contribution in [0.25, 0.3) is 12.2 Å². The molecular weight excluding hydrogens is 408 g/mol. The lowest BCUT2D eigenvalue weighted by atomic mass is 10.1. The van der Waals surface area contributed by atoms with Gasteiger partial charge >= 0.3 is 0 Å². The van der Waals surface area contributed by atoms with E-state index in [1.54, 1.807) is 0 Å². The van der Waals surface area contributed by atoms with Crippen LogP contribution in [0.2, 0.25) is 39.3 Å². The van der Waals surface area contributed by atoms with Crippen LogP contribution in [0, 0.1) is 0 Å². The molecule has 0 saturated carbocycles. The molecule has 0 bridgehead atoms. The highest BCUT2D eigenvalue weighted by Crippen LogP contribution is 2.25. The van der Waals surface area contributed by atoms with Crippen molar-refractivity contribution in [2.24, 2.45) is 0 Å². The zero-order chi connectivity index (χ0) is 15.6. The summed E-state index contributed by atoms with van der Waals surface area (Å²) < 4.78 is 2.72. The second-order valence-corrected chi connectivity index (χ2v) is 20.4. The van der Waals surface area contributed by atoms with Crippen LogP contribution in [0.4, 0.5) is 0 Å². The van der Waals surface area contributed by atoms with Crippen LogP contribution in [0.3, 0.4) is 0 Å². The summed E-state index contributed by atoms with van der Waals surface area (Å²) in [6, 6.07) is 8.77. The second-order valence-electron chi connectivity index (χ2n) is 7.15. The Kier molecular flexibility index (Phi) is 6.26.